The molecule has 1 heterocycles. The van der Waals surface area contributed by atoms with Crippen molar-refractivity contribution in [3.05, 3.63) is 136 Å². The van der Waals surface area contributed by atoms with Crippen LogP contribution in [-0.4, -0.2) is 12.0 Å². The maximum Gasteiger partial charge on any atom is 0.150 e. The van der Waals surface area contributed by atoms with Crippen LogP contribution in [0.2, 0.25) is 0 Å². The second kappa shape index (κ2) is 32.5. The number of para-hydroxylation sites is 3. The van der Waals surface area contributed by atoms with Gasteiger partial charge in [0.05, 0.1) is 22.8 Å². The van der Waals surface area contributed by atoms with Crippen molar-refractivity contribution in [3.8, 4) is 0 Å². The number of carbonyl (C=O) groups excluding carboxylic acids is 1. The molecule has 2 aliphatic carbocycles. The third kappa shape index (κ3) is 20.7. The van der Waals surface area contributed by atoms with Crippen molar-refractivity contribution < 1.29 is 4.79 Å². The molecule has 0 radical (unpaired) electrons. The Hall–Kier alpha value is 1.80. The first-order chi connectivity index (χ1) is 27.5. The van der Waals surface area contributed by atoms with Gasteiger partial charge in [0.15, 0.2) is 0 Å². The van der Waals surface area contributed by atoms with Crippen LogP contribution in [0.1, 0.15) is 51.2 Å². The average molecular weight is 1140 g/mol. The number of aldehydes is 1. The first kappa shape index (κ1) is 55.9. The fraction of sp³-hybridized carbons (Fsp3) is 0.118. The minimum atomic E-state index is 0. The topological polar surface area (TPSA) is 81.5 Å². The second-order valence-corrected chi connectivity index (χ2v) is 61.9. The molecule has 6 unspecified atom stereocenters. The number of allylic oxidation sites excluding steroid dienone is 2. The zero-order chi connectivity index (χ0) is 41.6. The van der Waals surface area contributed by atoms with Gasteiger partial charge in [0.1, 0.15) is 6.29 Å². The van der Waals surface area contributed by atoms with E-state index >= 15 is 0 Å². The van der Waals surface area contributed by atoms with Crippen LogP contribution in [0.3, 0.4) is 0 Å². The van der Waals surface area contributed by atoms with Crippen molar-refractivity contribution in [2.24, 2.45) is 4.99 Å². The van der Waals surface area contributed by atoms with Gasteiger partial charge in [-0.3, -0.25) is 9.79 Å². The zero-order valence-corrected chi connectivity index (χ0v) is 48.6. The molecule has 0 saturated heterocycles. The van der Waals surface area contributed by atoms with Gasteiger partial charge in [-0.2, -0.15) is 0 Å². The highest BCUT2D eigenvalue weighted by Gasteiger charge is 2.21. The molecule has 0 fully saturated rings. The highest BCUT2D eigenvalue weighted by Crippen LogP contribution is 3.10. The van der Waals surface area contributed by atoms with Gasteiger partial charge in [-0.05, 0) is 105 Å². The minimum absolute atomic E-state index is 0. The van der Waals surface area contributed by atoms with E-state index in [4.69, 9.17) is 16.5 Å². The highest BCUT2D eigenvalue weighted by molar-refractivity contribution is 9.16. The van der Waals surface area contributed by atoms with Crippen LogP contribution < -0.4 is 11.5 Å². The number of hydrogen-bond donors (Lipinski definition) is 2. The molecular weight excluding hydrogens is 1100 g/mol. The van der Waals surface area contributed by atoms with E-state index in [1.54, 1.807) is 65.4 Å². The van der Waals surface area contributed by atoms with Crippen LogP contribution in [0.25, 0.3) is 12.2 Å². The summed E-state index contributed by atoms with van der Waals surface area (Å²) in [6, 6.07) is 28.1. The predicted octanol–water partition coefficient (Wildman–Crippen LogP) is 12.9. The van der Waals surface area contributed by atoms with Crippen molar-refractivity contribution in [1.29, 1.82) is 0 Å². The summed E-state index contributed by atoms with van der Waals surface area (Å²) in [4.78, 5) is 15.1. The number of benzene rings is 4. The van der Waals surface area contributed by atoms with Gasteiger partial charge in [-0.25, -0.2) is 0 Å². The molecule has 7 rings (SSSR count). The fourth-order valence-corrected chi connectivity index (χ4v) is 108. The smallest absolute Gasteiger partial charge is 0.150 e. The molecule has 0 amide bonds. The van der Waals surface area contributed by atoms with Crippen LogP contribution >= 0.6 is 81.5 Å². The number of fused-ring (bicyclic) bond motifs is 3. The Morgan fingerprint density at radius 1 is 0.621 bits per heavy atom. The van der Waals surface area contributed by atoms with E-state index in [0.29, 0.717) is 11.4 Å². The first-order valence-corrected chi connectivity index (χ1v) is 45.2. The number of anilines is 2. The van der Waals surface area contributed by atoms with Gasteiger partial charge in [-0.1, -0.05) is 86.3 Å². The summed E-state index contributed by atoms with van der Waals surface area (Å²) in [6.07, 6.45) is 12.5. The molecule has 4 N–H and O–H groups in total. The lowest BCUT2D eigenvalue weighted by Crippen LogP contribution is -2.01. The number of hydrogen-bond acceptors (Lipinski definition) is 6. The molecule has 24 heteroatoms. The summed E-state index contributed by atoms with van der Waals surface area (Å²) in [6.45, 7) is 0.623. The van der Waals surface area contributed by atoms with Crippen LogP contribution in [0.15, 0.2) is 102 Å². The molecule has 312 valence electrons. The molecule has 58 heavy (non-hydrogen) atoms. The predicted molar refractivity (Wildman–Crippen MR) is 322 cm³/mol. The Morgan fingerprint density at radius 3 is 1.57 bits per heavy atom. The summed E-state index contributed by atoms with van der Waals surface area (Å²) < 4.78 is 0. The maximum absolute atomic E-state index is 10.4. The van der Waals surface area contributed by atoms with E-state index < -0.39 is 0 Å². The Labute approximate surface area is 395 Å². The minimum Gasteiger partial charge on any atom is -0.397 e. The van der Waals surface area contributed by atoms with Crippen molar-refractivity contribution >= 4 is 216 Å². The quantitative estimate of drug-likeness (QED) is 0.118. The molecule has 1 aliphatic heterocycles. The molecule has 0 spiro atoms. The Kier molecular flexibility index (Phi) is 31.3. The molecule has 3 aliphatic rings. The van der Waals surface area contributed by atoms with Gasteiger partial charge >= 0.3 is 0 Å². The lowest BCUT2D eigenvalue weighted by Gasteiger charge is -2.27. The van der Waals surface area contributed by atoms with Gasteiger partial charge in [0.2, 0.25) is 0 Å². The molecular formula is C34H45N3OP10S10. The third-order valence-corrected chi connectivity index (χ3v) is 72.6. The van der Waals surface area contributed by atoms with E-state index in [0.717, 1.165) is 36.8 Å². The van der Waals surface area contributed by atoms with Crippen molar-refractivity contribution in [3.63, 3.8) is 0 Å². The number of carbonyl (C=O) groups is 1. The standard InChI is InChI=1S/C17H13N.C10H8O.C6H8N2.CH4.H12P10.S10/c1-2-7-16-14(4-1)11-17(18-16)15-9-8-12-5-3-6-13(12)10-15;11-7-8-4-5-9-2-1-3-10(9)6-8;7-5-3-1-2-4-6(5)8;;1-7(2)10(8(3)4)9(5)6;1-3-5-7-9-10-8-6-4-2/h1-5,7-10H,6,11H2;1-2,4-7H,3H2;1-4H,7-8H2;1H4;1-6H2;. The molecule has 4 nitrogen and oxygen atoms in total. The SMILES string of the molecule is C.C1=Cc2ccc(C3=Nc4ccccc4C3)cc2C1.Nc1ccccc1N.O=Cc1ccc2c(c1)CC=C2.PP(P)P(P(P)P)P(P)P.S=S=S=S=S=S=S=S=S=S. The van der Waals surface area contributed by atoms with E-state index in [2.05, 4.69) is 143 Å². The number of nitrogens with two attached hydrogens (primary N) is 2. The average Bonchev–Trinajstić information content (AvgIpc) is 3.97. The normalized spacial score (nSPS) is 11.9. The molecule has 0 aromatic heterocycles. The van der Waals surface area contributed by atoms with Crippen LogP contribution in [-0.2, 0) is 113 Å². The van der Waals surface area contributed by atoms with Gasteiger partial charge in [0.25, 0.3) is 0 Å². The summed E-state index contributed by atoms with van der Waals surface area (Å²) in [5, 5.41) is 0. The zero-order valence-electron chi connectivity index (χ0n) is 29.9. The van der Waals surface area contributed by atoms with Crippen LogP contribution in [0.4, 0.5) is 17.1 Å². The van der Waals surface area contributed by atoms with E-state index in [-0.39, 0.29) is 35.4 Å². The lowest BCUT2D eigenvalue weighted by molar-refractivity contribution is 0.112. The third-order valence-electron chi connectivity index (χ3n) is 7.46. The summed E-state index contributed by atoms with van der Waals surface area (Å²) in [7, 11) is 30.4. The highest BCUT2D eigenvalue weighted by atomic mass is 33.4. The molecule has 4 aromatic rings. The van der Waals surface area contributed by atoms with Crippen molar-refractivity contribution in [2.75, 3.05) is 11.5 Å². The number of nitrogen functional groups attached to an aromatic ring is 2. The second-order valence-electron chi connectivity index (χ2n) is 11.1. The Bertz CT molecular complexity index is 2380. The molecule has 0 saturated carbocycles. The summed E-state index contributed by atoms with van der Waals surface area (Å²) >= 11 is 9.31. The Balaban J connectivity index is 0.000000259. The summed E-state index contributed by atoms with van der Waals surface area (Å²) in [5.41, 5.74) is 23.1. The van der Waals surface area contributed by atoms with Crippen molar-refractivity contribution in [2.45, 2.75) is 26.7 Å². The van der Waals surface area contributed by atoms with Gasteiger partial charge < -0.3 is 11.5 Å². The molecule has 0 bridgehead atoms. The van der Waals surface area contributed by atoms with E-state index in [9.17, 15) is 4.79 Å². The monoisotopic (exact) mass is 1140 g/mol. The van der Waals surface area contributed by atoms with Gasteiger partial charge in [0, 0.05) is 105 Å². The van der Waals surface area contributed by atoms with E-state index in [1.807, 2.05) is 30.3 Å². The lowest BCUT2D eigenvalue weighted by atomic mass is 10.00. The van der Waals surface area contributed by atoms with Crippen LogP contribution in [0.5, 0.6) is 0 Å². The number of rotatable bonds is 5. The van der Waals surface area contributed by atoms with Crippen molar-refractivity contribution in [1.82, 2.24) is 0 Å². The molecule has 6 atom stereocenters. The fourth-order valence-electron chi connectivity index (χ4n) is 5.03. The number of aliphatic imine (C=N–C) groups is 1. The first-order valence-electron chi connectivity index (χ1n) is 16.1. The summed E-state index contributed by atoms with van der Waals surface area (Å²) in [5.74, 6) is 0. The molecule has 4 aromatic carbocycles. The van der Waals surface area contributed by atoms with Gasteiger partial charge in [-0.15, -0.1) is 53.6 Å². The van der Waals surface area contributed by atoms with Crippen LogP contribution in [0, 0.1) is 0 Å². The Morgan fingerprint density at radius 2 is 1.10 bits per heavy atom. The largest absolute Gasteiger partial charge is 0.397 e. The number of nitrogens with zero attached hydrogens (tertiary/aromatic N) is 1. The van der Waals surface area contributed by atoms with E-state index in [1.165, 1.54) is 56.9 Å². The maximum atomic E-state index is 10.4.